The summed E-state index contributed by atoms with van der Waals surface area (Å²) in [5.74, 6) is 0.512. The van der Waals surface area contributed by atoms with E-state index >= 15 is 0 Å². The average molecular weight is 338 g/mol. The van der Waals surface area contributed by atoms with Crippen molar-refractivity contribution in [1.29, 1.82) is 0 Å². The number of benzene rings is 1. The lowest BCUT2D eigenvalue weighted by molar-refractivity contribution is -0.122. The molecule has 0 spiro atoms. The summed E-state index contributed by atoms with van der Waals surface area (Å²) in [5, 5.41) is 7.60. The van der Waals surface area contributed by atoms with Gasteiger partial charge in [0.15, 0.2) is 0 Å². The van der Waals surface area contributed by atoms with Crippen molar-refractivity contribution in [3.05, 3.63) is 53.3 Å². The molecule has 1 saturated carbocycles. The molecule has 0 saturated heterocycles. The lowest BCUT2D eigenvalue weighted by atomic mass is 10.1. The molecule has 1 aromatic carbocycles. The van der Waals surface area contributed by atoms with Crippen LogP contribution in [0.5, 0.6) is 0 Å². The second kappa shape index (κ2) is 7.00. The molecule has 1 N–H and O–H groups in total. The predicted molar refractivity (Wildman–Crippen MR) is 96.9 cm³/mol. The SMILES string of the molecule is Cc1ccc(CN2Cc3ccnn3C(CCNC(=O)C3CC3)C2)cc1. The van der Waals surface area contributed by atoms with Gasteiger partial charge in [-0.3, -0.25) is 14.4 Å². The molecule has 0 bridgehead atoms. The smallest absolute Gasteiger partial charge is 0.223 e. The second-order valence-electron chi connectivity index (χ2n) is 7.43. The van der Waals surface area contributed by atoms with E-state index in [4.69, 9.17) is 0 Å². The predicted octanol–water partition coefficient (Wildman–Crippen LogP) is 2.66. The van der Waals surface area contributed by atoms with Crippen LogP contribution in [0.3, 0.4) is 0 Å². The van der Waals surface area contributed by atoms with E-state index in [1.165, 1.54) is 16.8 Å². The summed E-state index contributed by atoms with van der Waals surface area (Å²) in [6, 6.07) is 11.2. The van der Waals surface area contributed by atoms with Crippen molar-refractivity contribution >= 4 is 5.91 Å². The van der Waals surface area contributed by atoms with Crippen LogP contribution < -0.4 is 5.32 Å². The summed E-state index contributed by atoms with van der Waals surface area (Å²) in [6.07, 6.45) is 4.93. The zero-order valence-corrected chi connectivity index (χ0v) is 14.8. The van der Waals surface area contributed by atoms with Crippen LogP contribution in [0.4, 0.5) is 0 Å². The van der Waals surface area contributed by atoms with E-state index in [2.05, 4.69) is 57.3 Å². The van der Waals surface area contributed by atoms with Crippen LogP contribution in [0.1, 0.15) is 42.1 Å². The number of hydrogen-bond acceptors (Lipinski definition) is 3. The third-order valence-electron chi connectivity index (χ3n) is 5.20. The summed E-state index contributed by atoms with van der Waals surface area (Å²) in [5.41, 5.74) is 3.90. The van der Waals surface area contributed by atoms with E-state index in [1.807, 2.05) is 6.20 Å². The summed E-state index contributed by atoms with van der Waals surface area (Å²) in [7, 11) is 0. The Labute approximate surface area is 149 Å². The molecule has 1 atom stereocenters. The fourth-order valence-electron chi connectivity index (χ4n) is 3.60. The van der Waals surface area contributed by atoms with E-state index in [-0.39, 0.29) is 11.8 Å². The Kier molecular flexibility index (Phi) is 4.57. The minimum atomic E-state index is 0.230. The molecule has 1 aliphatic carbocycles. The summed E-state index contributed by atoms with van der Waals surface area (Å²) >= 11 is 0. The Morgan fingerprint density at radius 3 is 2.80 bits per heavy atom. The van der Waals surface area contributed by atoms with Gasteiger partial charge in [0.25, 0.3) is 0 Å². The lowest BCUT2D eigenvalue weighted by Gasteiger charge is -2.34. The Morgan fingerprint density at radius 1 is 1.24 bits per heavy atom. The van der Waals surface area contributed by atoms with E-state index < -0.39 is 0 Å². The number of carbonyl (C=O) groups is 1. The second-order valence-corrected chi connectivity index (χ2v) is 7.43. The number of aromatic nitrogens is 2. The molecular formula is C20H26N4O. The van der Waals surface area contributed by atoms with Gasteiger partial charge in [-0.25, -0.2) is 0 Å². The number of fused-ring (bicyclic) bond motifs is 1. The van der Waals surface area contributed by atoms with Gasteiger partial charge in [-0.05, 0) is 37.8 Å². The first kappa shape index (κ1) is 16.3. The molecule has 2 aromatic rings. The molecule has 5 heteroatoms. The number of nitrogens with zero attached hydrogens (tertiary/aromatic N) is 3. The molecule has 1 amide bonds. The van der Waals surface area contributed by atoms with Crippen LogP contribution in [0.25, 0.3) is 0 Å². The van der Waals surface area contributed by atoms with Gasteiger partial charge in [0, 0.05) is 38.3 Å². The Hall–Kier alpha value is -2.14. The van der Waals surface area contributed by atoms with Crippen LogP contribution in [-0.2, 0) is 17.9 Å². The molecule has 2 heterocycles. The van der Waals surface area contributed by atoms with Crippen LogP contribution in [0.15, 0.2) is 36.5 Å². The number of nitrogens with one attached hydrogen (secondary N) is 1. The Morgan fingerprint density at radius 2 is 2.04 bits per heavy atom. The lowest BCUT2D eigenvalue weighted by Crippen LogP contribution is -2.39. The van der Waals surface area contributed by atoms with Gasteiger partial charge in [0.05, 0.1) is 11.7 Å². The number of rotatable bonds is 6. The summed E-state index contributed by atoms with van der Waals surface area (Å²) in [4.78, 5) is 14.3. The maximum atomic E-state index is 11.8. The van der Waals surface area contributed by atoms with Crippen molar-refractivity contribution in [2.75, 3.05) is 13.1 Å². The fourth-order valence-corrected chi connectivity index (χ4v) is 3.60. The van der Waals surface area contributed by atoms with Gasteiger partial charge in [0.1, 0.15) is 0 Å². The van der Waals surface area contributed by atoms with Crippen LogP contribution in [0.2, 0.25) is 0 Å². The van der Waals surface area contributed by atoms with Gasteiger partial charge in [-0.15, -0.1) is 0 Å². The van der Waals surface area contributed by atoms with E-state index in [9.17, 15) is 4.79 Å². The zero-order chi connectivity index (χ0) is 17.2. The molecule has 132 valence electrons. The Bertz CT molecular complexity index is 732. The van der Waals surface area contributed by atoms with Crippen LogP contribution in [0, 0.1) is 12.8 Å². The molecule has 4 rings (SSSR count). The van der Waals surface area contributed by atoms with E-state index in [0.717, 1.165) is 45.4 Å². The molecule has 1 fully saturated rings. The molecule has 1 unspecified atom stereocenters. The topological polar surface area (TPSA) is 50.2 Å². The van der Waals surface area contributed by atoms with Crippen molar-refractivity contribution in [2.45, 2.75) is 45.3 Å². The van der Waals surface area contributed by atoms with Gasteiger partial charge < -0.3 is 5.32 Å². The number of carbonyl (C=O) groups excluding carboxylic acids is 1. The third kappa shape index (κ3) is 3.93. The van der Waals surface area contributed by atoms with Gasteiger partial charge >= 0.3 is 0 Å². The van der Waals surface area contributed by atoms with Gasteiger partial charge in [0.2, 0.25) is 5.91 Å². The highest BCUT2D eigenvalue weighted by atomic mass is 16.2. The van der Waals surface area contributed by atoms with Crippen molar-refractivity contribution in [2.24, 2.45) is 5.92 Å². The van der Waals surface area contributed by atoms with Crippen molar-refractivity contribution < 1.29 is 4.79 Å². The summed E-state index contributed by atoms with van der Waals surface area (Å²) in [6.45, 7) is 5.71. The molecular weight excluding hydrogens is 312 g/mol. The van der Waals surface area contributed by atoms with Crippen molar-refractivity contribution in [1.82, 2.24) is 20.0 Å². The zero-order valence-electron chi connectivity index (χ0n) is 14.8. The fraction of sp³-hybridized carbons (Fsp3) is 0.500. The maximum absolute atomic E-state index is 11.8. The molecule has 2 aliphatic rings. The molecule has 1 aliphatic heterocycles. The molecule has 5 nitrogen and oxygen atoms in total. The minimum Gasteiger partial charge on any atom is -0.356 e. The summed E-state index contributed by atoms with van der Waals surface area (Å²) < 4.78 is 2.15. The molecule has 25 heavy (non-hydrogen) atoms. The third-order valence-corrected chi connectivity index (χ3v) is 5.20. The minimum absolute atomic E-state index is 0.230. The highest BCUT2D eigenvalue weighted by molar-refractivity contribution is 5.80. The first-order valence-electron chi connectivity index (χ1n) is 9.27. The average Bonchev–Trinajstić information content (AvgIpc) is 3.35. The number of hydrogen-bond donors (Lipinski definition) is 1. The van der Waals surface area contributed by atoms with E-state index in [1.54, 1.807) is 0 Å². The maximum Gasteiger partial charge on any atom is 0.223 e. The molecule has 0 radical (unpaired) electrons. The first-order chi connectivity index (χ1) is 12.2. The van der Waals surface area contributed by atoms with E-state index in [0.29, 0.717) is 6.04 Å². The monoisotopic (exact) mass is 338 g/mol. The van der Waals surface area contributed by atoms with Crippen LogP contribution in [-0.4, -0.2) is 33.7 Å². The van der Waals surface area contributed by atoms with Crippen molar-refractivity contribution in [3.8, 4) is 0 Å². The van der Waals surface area contributed by atoms with Crippen LogP contribution >= 0.6 is 0 Å². The normalized spacial score (nSPS) is 20.3. The van der Waals surface area contributed by atoms with Crippen molar-refractivity contribution in [3.63, 3.8) is 0 Å². The number of aryl methyl sites for hydroxylation is 1. The standard InChI is InChI=1S/C20H26N4O/c1-15-2-4-16(5-3-15)12-23-13-18(24-19(14-23)9-11-22-24)8-10-21-20(25)17-6-7-17/h2-5,9,11,17-18H,6-8,10,12-14H2,1H3,(H,21,25). The van der Waals surface area contributed by atoms with Gasteiger partial charge in [-0.1, -0.05) is 29.8 Å². The van der Waals surface area contributed by atoms with Gasteiger partial charge in [-0.2, -0.15) is 5.10 Å². The largest absolute Gasteiger partial charge is 0.356 e. The highest BCUT2D eigenvalue weighted by Gasteiger charge is 2.30. The first-order valence-corrected chi connectivity index (χ1v) is 9.27. The highest BCUT2D eigenvalue weighted by Crippen LogP contribution is 2.29. The quantitative estimate of drug-likeness (QED) is 0.881. The Balaban J connectivity index is 1.38. The molecule has 1 aromatic heterocycles. The number of amides is 1.